The van der Waals surface area contributed by atoms with Gasteiger partial charge in [0.15, 0.2) is 0 Å². The maximum absolute atomic E-state index is 13.0. The third-order valence-corrected chi connectivity index (χ3v) is 5.92. The van der Waals surface area contributed by atoms with Gasteiger partial charge in [-0.15, -0.1) is 0 Å². The average molecular weight is 437 g/mol. The van der Waals surface area contributed by atoms with Gasteiger partial charge in [-0.2, -0.15) is 0 Å². The van der Waals surface area contributed by atoms with Crippen molar-refractivity contribution in [2.45, 2.75) is 26.4 Å². The van der Waals surface area contributed by atoms with Crippen molar-refractivity contribution in [2.75, 3.05) is 32.8 Å². The molecule has 1 fully saturated rings. The first-order valence-corrected chi connectivity index (χ1v) is 10.9. The smallest absolute Gasteiger partial charge is 0.316 e. The highest BCUT2D eigenvalue weighted by Gasteiger charge is 2.23. The lowest BCUT2D eigenvalue weighted by molar-refractivity contribution is 0.0162. The Hall–Kier alpha value is -3.23. The quantitative estimate of drug-likeness (QED) is 0.575. The lowest BCUT2D eigenvalue weighted by Crippen LogP contribution is -2.43. The Kier molecular flexibility index (Phi) is 6.53. The third kappa shape index (κ3) is 4.51. The van der Waals surface area contributed by atoms with Crippen LogP contribution in [0.4, 0.5) is 0 Å². The summed E-state index contributed by atoms with van der Waals surface area (Å²) >= 11 is 0. The van der Waals surface area contributed by atoms with E-state index in [0.29, 0.717) is 42.9 Å². The highest BCUT2D eigenvalue weighted by atomic mass is 16.5. The molecule has 168 valence electrons. The molecule has 1 aromatic heterocycles. The van der Waals surface area contributed by atoms with Crippen molar-refractivity contribution in [1.82, 2.24) is 19.8 Å². The number of rotatable bonds is 6. The number of morpholine rings is 1. The third-order valence-electron chi connectivity index (χ3n) is 5.92. The van der Waals surface area contributed by atoms with E-state index in [1.54, 1.807) is 25.1 Å². The SMILES string of the molecule is CCn1c(=O)c(=O)[nH]c2cc(C(=O)NCC(c3cccc(C)c3)N3CCOCC3)ccc21. The molecular formula is C24H28N4O4. The molecule has 2 aromatic carbocycles. The number of hydrogen-bond donors (Lipinski definition) is 2. The van der Waals surface area contributed by atoms with Crippen LogP contribution in [0.1, 0.15) is 34.5 Å². The van der Waals surface area contributed by atoms with Gasteiger partial charge >= 0.3 is 11.1 Å². The number of H-pyrrole nitrogens is 1. The Morgan fingerprint density at radius 2 is 1.94 bits per heavy atom. The first-order chi connectivity index (χ1) is 15.5. The Balaban J connectivity index is 1.57. The van der Waals surface area contributed by atoms with Crippen LogP contribution in [0.25, 0.3) is 11.0 Å². The van der Waals surface area contributed by atoms with Gasteiger partial charge < -0.3 is 19.6 Å². The highest BCUT2D eigenvalue weighted by molar-refractivity contribution is 5.97. The minimum Gasteiger partial charge on any atom is -0.379 e. The highest BCUT2D eigenvalue weighted by Crippen LogP contribution is 2.22. The average Bonchev–Trinajstić information content (AvgIpc) is 2.80. The number of nitrogens with zero attached hydrogens (tertiary/aromatic N) is 2. The fourth-order valence-electron chi connectivity index (χ4n) is 4.25. The molecule has 0 bridgehead atoms. The molecule has 8 heteroatoms. The second-order valence-corrected chi connectivity index (χ2v) is 8.02. The summed E-state index contributed by atoms with van der Waals surface area (Å²) < 4.78 is 6.90. The van der Waals surface area contributed by atoms with Crippen molar-refractivity contribution in [3.8, 4) is 0 Å². The van der Waals surface area contributed by atoms with Gasteiger partial charge in [0.25, 0.3) is 5.91 Å². The summed E-state index contributed by atoms with van der Waals surface area (Å²) in [6, 6.07) is 13.4. The van der Waals surface area contributed by atoms with Gasteiger partial charge in [-0.05, 0) is 37.6 Å². The molecule has 0 saturated carbocycles. The number of aromatic amines is 1. The minimum absolute atomic E-state index is 0.0354. The topological polar surface area (TPSA) is 96.4 Å². The van der Waals surface area contributed by atoms with Crippen LogP contribution in [0.3, 0.4) is 0 Å². The standard InChI is InChI=1S/C24H28N4O4/c1-3-28-20-8-7-18(14-19(20)26-23(30)24(28)31)22(29)25-15-21(27-9-11-32-12-10-27)17-6-4-5-16(2)13-17/h4-8,13-14,21H,3,9-12,15H2,1-2H3,(H,25,29)(H,26,30). The van der Waals surface area contributed by atoms with E-state index >= 15 is 0 Å². The molecule has 1 saturated heterocycles. The monoisotopic (exact) mass is 436 g/mol. The van der Waals surface area contributed by atoms with Crippen molar-refractivity contribution in [3.63, 3.8) is 0 Å². The molecule has 0 aliphatic carbocycles. The van der Waals surface area contributed by atoms with Crippen LogP contribution in [0, 0.1) is 6.92 Å². The molecule has 8 nitrogen and oxygen atoms in total. The number of fused-ring (bicyclic) bond motifs is 1. The maximum atomic E-state index is 13.0. The van der Waals surface area contributed by atoms with E-state index in [2.05, 4.69) is 40.3 Å². The Morgan fingerprint density at radius 3 is 2.66 bits per heavy atom. The lowest BCUT2D eigenvalue weighted by Gasteiger charge is -2.35. The van der Waals surface area contributed by atoms with E-state index < -0.39 is 11.1 Å². The van der Waals surface area contributed by atoms with Crippen molar-refractivity contribution in [1.29, 1.82) is 0 Å². The Bertz CT molecular complexity index is 1240. The summed E-state index contributed by atoms with van der Waals surface area (Å²) in [4.78, 5) is 41.9. The number of nitrogens with one attached hydrogen (secondary N) is 2. The number of aromatic nitrogens is 2. The second-order valence-electron chi connectivity index (χ2n) is 8.02. The number of carbonyl (C=O) groups excluding carboxylic acids is 1. The van der Waals surface area contributed by atoms with Gasteiger partial charge in [0.1, 0.15) is 0 Å². The normalized spacial score (nSPS) is 15.6. The summed E-state index contributed by atoms with van der Waals surface area (Å²) in [7, 11) is 0. The van der Waals surface area contributed by atoms with Gasteiger partial charge in [0.2, 0.25) is 0 Å². The molecule has 2 heterocycles. The summed E-state index contributed by atoms with van der Waals surface area (Å²) in [6.45, 7) is 7.65. The fraction of sp³-hybridized carbons (Fsp3) is 0.375. The predicted molar refractivity (Wildman–Crippen MR) is 123 cm³/mol. The number of aryl methyl sites for hydroxylation is 2. The maximum Gasteiger partial charge on any atom is 0.316 e. The van der Waals surface area contributed by atoms with Crippen molar-refractivity contribution in [2.24, 2.45) is 0 Å². The molecule has 1 unspecified atom stereocenters. The molecule has 1 atom stereocenters. The minimum atomic E-state index is -0.691. The number of amides is 1. The van der Waals surface area contributed by atoms with Gasteiger partial charge in [-0.3, -0.25) is 19.3 Å². The van der Waals surface area contributed by atoms with Crippen LogP contribution in [0.5, 0.6) is 0 Å². The van der Waals surface area contributed by atoms with Crippen molar-refractivity contribution < 1.29 is 9.53 Å². The Morgan fingerprint density at radius 1 is 1.16 bits per heavy atom. The predicted octanol–water partition coefficient (Wildman–Crippen LogP) is 1.82. The fourth-order valence-corrected chi connectivity index (χ4v) is 4.25. The summed E-state index contributed by atoms with van der Waals surface area (Å²) in [5, 5.41) is 3.05. The van der Waals surface area contributed by atoms with Crippen LogP contribution >= 0.6 is 0 Å². The largest absolute Gasteiger partial charge is 0.379 e. The van der Waals surface area contributed by atoms with Crippen LogP contribution in [-0.4, -0.2) is 53.2 Å². The zero-order valence-corrected chi connectivity index (χ0v) is 18.4. The van der Waals surface area contributed by atoms with Gasteiger partial charge in [-0.1, -0.05) is 29.8 Å². The van der Waals surface area contributed by atoms with Crippen LogP contribution in [0.15, 0.2) is 52.1 Å². The van der Waals surface area contributed by atoms with Crippen molar-refractivity contribution in [3.05, 3.63) is 79.9 Å². The summed E-state index contributed by atoms with van der Waals surface area (Å²) in [6.07, 6.45) is 0. The molecule has 3 aromatic rings. The summed E-state index contributed by atoms with van der Waals surface area (Å²) in [5.74, 6) is -0.229. The number of ether oxygens (including phenoxy) is 1. The van der Waals surface area contributed by atoms with E-state index in [4.69, 9.17) is 4.74 Å². The zero-order chi connectivity index (χ0) is 22.7. The van der Waals surface area contributed by atoms with E-state index in [1.807, 2.05) is 6.07 Å². The van der Waals surface area contributed by atoms with E-state index in [-0.39, 0.29) is 11.9 Å². The van der Waals surface area contributed by atoms with Gasteiger partial charge in [-0.25, -0.2) is 0 Å². The molecule has 1 amide bonds. The van der Waals surface area contributed by atoms with Crippen molar-refractivity contribution >= 4 is 16.9 Å². The van der Waals surface area contributed by atoms with Gasteiger partial charge in [0.05, 0.1) is 30.3 Å². The molecule has 0 spiro atoms. The number of benzene rings is 2. The number of hydrogen-bond acceptors (Lipinski definition) is 5. The lowest BCUT2D eigenvalue weighted by atomic mass is 10.0. The molecule has 32 heavy (non-hydrogen) atoms. The zero-order valence-electron chi connectivity index (χ0n) is 18.4. The molecule has 1 aliphatic rings. The molecule has 2 N–H and O–H groups in total. The van der Waals surface area contributed by atoms with Crippen LogP contribution in [0.2, 0.25) is 0 Å². The number of carbonyl (C=O) groups is 1. The van der Waals surface area contributed by atoms with E-state index in [1.165, 1.54) is 10.1 Å². The van der Waals surface area contributed by atoms with Gasteiger partial charge in [0, 0.05) is 31.7 Å². The van der Waals surface area contributed by atoms with E-state index in [0.717, 1.165) is 18.7 Å². The second kappa shape index (κ2) is 9.50. The van der Waals surface area contributed by atoms with Crippen LogP contribution in [-0.2, 0) is 11.3 Å². The first kappa shape index (κ1) is 22.0. The first-order valence-electron chi connectivity index (χ1n) is 10.9. The molecule has 1 aliphatic heterocycles. The molecule has 4 rings (SSSR count). The molecule has 0 radical (unpaired) electrons. The summed E-state index contributed by atoms with van der Waals surface area (Å²) in [5.41, 5.74) is 2.54. The molecular weight excluding hydrogens is 408 g/mol. The van der Waals surface area contributed by atoms with Crippen LogP contribution < -0.4 is 16.4 Å². The Labute approximate surface area is 185 Å². The van der Waals surface area contributed by atoms with E-state index in [9.17, 15) is 14.4 Å².